The Morgan fingerprint density at radius 1 is 1.43 bits per heavy atom. The number of carbonyl (C=O) groups excluding carboxylic acids is 1. The molecule has 0 unspecified atom stereocenters. The number of nitrogens with zero attached hydrogens (tertiary/aromatic N) is 2. The first-order valence-corrected chi connectivity index (χ1v) is 4.08. The molecule has 0 saturated carbocycles. The molecule has 5 nitrogen and oxygen atoms in total. The molecule has 0 aliphatic rings. The summed E-state index contributed by atoms with van der Waals surface area (Å²) in [5.74, 6) is 0.00873. The molecule has 1 aromatic carbocycles. The highest BCUT2D eigenvalue weighted by molar-refractivity contribution is 5.94. The van der Waals surface area contributed by atoms with E-state index in [1.54, 1.807) is 24.3 Å². The third-order valence-electron chi connectivity index (χ3n) is 1.61. The van der Waals surface area contributed by atoms with Crippen molar-refractivity contribution in [3.05, 3.63) is 35.0 Å². The van der Waals surface area contributed by atoms with Crippen LogP contribution in [0.15, 0.2) is 29.5 Å². The molecular weight excluding hydrogens is 182 g/mol. The summed E-state index contributed by atoms with van der Waals surface area (Å²) in [5.41, 5.74) is 3.83. The zero-order valence-electron chi connectivity index (χ0n) is 8.02. The number of Topliss-reactive ketones (excluding diaryl/α,β-unsaturated/α-hetero) is 1. The highest BCUT2D eigenvalue weighted by Crippen LogP contribution is 2.09. The van der Waals surface area contributed by atoms with Gasteiger partial charge >= 0.3 is 0 Å². The molecule has 0 fully saturated rings. The Balaban J connectivity index is 2.74. The van der Waals surface area contributed by atoms with Crippen LogP contribution >= 0.6 is 0 Å². The number of nitrogens with one attached hydrogen (secondary N) is 1. The lowest BCUT2D eigenvalue weighted by Crippen LogP contribution is -1.97. The minimum atomic E-state index is 0.00873. The molecule has 0 saturated heterocycles. The Labute approximate surface area is 81.6 Å². The SMILES string of the molecule is CC(=O)c1ccc(NN=[N+](C)[O-])cc1. The van der Waals surface area contributed by atoms with Crippen LogP contribution in [0.5, 0.6) is 0 Å². The molecule has 1 N–H and O–H groups in total. The maximum absolute atomic E-state index is 10.9. The molecule has 0 heterocycles. The van der Waals surface area contributed by atoms with Crippen molar-refractivity contribution < 1.29 is 9.66 Å². The van der Waals surface area contributed by atoms with Crippen LogP contribution in [-0.4, -0.2) is 17.7 Å². The number of ketones is 1. The van der Waals surface area contributed by atoms with Gasteiger partial charge in [-0.1, -0.05) is 0 Å². The van der Waals surface area contributed by atoms with Gasteiger partial charge < -0.3 is 5.21 Å². The average Bonchev–Trinajstić information content (AvgIpc) is 2.15. The molecule has 0 aliphatic heterocycles. The van der Waals surface area contributed by atoms with Gasteiger partial charge in [0.2, 0.25) is 0 Å². The van der Waals surface area contributed by atoms with Gasteiger partial charge in [-0.2, -0.15) is 4.86 Å². The van der Waals surface area contributed by atoms with Crippen LogP contribution < -0.4 is 5.43 Å². The number of hydrogen-bond donors (Lipinski definition) is 1. The van der Waals surface area contributed by atoms with Crippen molar-refractivity contribution in [1.29, 1.82) is 0 Å². The fourth-order valence-electron chi connectivity index (χ4n) is 0.908. The smallest absolute Gasteiger partial charge is 0.159 e. The van der Waals surface area contributed by atoms with Crippen molar-refractivity contribution in [3.8, 4) is 0 Å². The van der Waals surface area contributed by atoms with Gasteiger partial charge in [-0.3, -0.25) is 4.79 Å². The van der Waals surface area contributed by atoms with E-state index in [2.05, 4.69) is 10.6 Å². The third-order valence-corrected chi connectivity index (χ3v) is 1.61. The zero-order valence-corrected chi connectivity index (χ0v) is 8.02. The van der Waals surface area contributed by atoms with Crippen molar-refractivity contribution in [3.63, 3.8) is 0 Å². The Morgan fingerprint density at radius 2 is 2.00 bits per heavy atom. The molecular formula is C9H11N3O2. The Morgan fingerprint density at radius 3 is 2.43 bits per heavy atom. The van der Waals surface area contributed by atoms with Crippen LogP contribution in [0.4, 0.5) is 5.69 Å². The number of hydroxylamine groups is 1. The minimum Gasteiger partial charge on any atom is -0.696 e. The fourth-order valence-corrected chi connectivity index (χ4v) is 0.908. The Bertz CT molecular complexity index is 353. The predicted octanol–water partition coefficient (Wildman–Crippen LogP) is 1.81. The second-order valence-electron chi connectivity index (χ2n) is 2.81. The summed E-state index contributed by atoms with van der Waals surface area (Å²) in [6, 6.07) is 6.71. The number of carbonyl (C=O) groups is 1. The summed E-state index contributed by atoms with van der Waals surface area (Å²) in [7, 11) is 1.27. The van der Waals surface area contributed by atoms with Gasteiger partial charge in [0.1, 0.15) is 12.7 Å². The van der Waals surface area contributed by atoms with Crippen LogP contribution in [0.1, 0.15) is 17.3 Å². The van der Waals surface area contributed by atoms with Crippen molar-refractivity contribution in [2.45, 2.75) is 6.92 Å². The van der Waals surface area contributed by atoms with Crippen LogP contribution in [0, 0.1) is 5.21 Å². The molecule has 0 aromatic heterocycles. The average molecular weight is 193 g/mol. The lowest BCUT2D eigenvalue weighted by atomic mass is 10.1. The predicted molar refractivity (Wildman–Crippen MR) is 52.0 cm³/mol. The van der Waals surface area contributed by atoms with Crippen LogP contribution in [0.3, 0.4) is 0 Å². The normalized spacial score (nSPS) is 11.1. The summed E-state index contributed by atoms with van der Waals surface area (Å²) >= 11 is 0. The second kappa shape index (κ2) is 4.36. The highest BCUT2D eigenvalue weighted by atomic mass is 16.5. The zero-order chi connectivity index (χ0) is 10.6. The number of benzene rings is 1. The van der Waals surface area contributed by atoms with E-state index in [4.69, 9.17) is 0 Å². The summed E-state index contributed by atoms with van der Waals surface area (Å²) in [5, 5.41) is 13.8. The topological polar surface area (TPSA) is 67.5 Å². The van der Waals surface area contributed by atoms with E-state index in [0.29, 0.717) is 16.1 Å². The third kappa shape index (κ3) is 2.85. The van der Waals surface area contributed by atoms with Gasteiger partial charge in [0.15, 0.2) is 5.78 Å². The molecule has 1 rings (SSSR count). The molecule has 0 atom stereocenters. The van der Waals surface area contributed by atoms with Gasteiger partial charge in [0, 0.05) is 5.56 Å². The maximum Gasteiger partial charge on any atom is 0.159 e. The van der Waals surface area contributed by atoms with Gasteiger partial charge in [0.05, 0.1) is 5.22 Å². The largest absolute Gasteiger partial charge is 0.696 e. The molecule has 14 heavy (non-hydrogen) atoms. The minimum absolute atomic E-state index is 0.00873. The van der Waals surface area contributed by atoms with E-state index in [1.165, 1.54) is 14.0 Å². The van der Waals surface area contributed by atoms with Gasteiger partial charge in [-0.05, 0) is 31.2 Å². The second-order valence-corrected chi connectivity index (χ2v) is 2.81. The van der Waals surface area contributed by atoms with Crippen molar-refractivity contribution in [1.82, 2.24) is 0 Å². The molecule has 1 aromatic rings. The first-order valence-electron chi connectivity index (χ1n) is 4.08. The number of hydrogen-bond acceptors (Lipinski definition) is 3. The quantitative estimate of drug-likeness (QED) is 0.344. The number of anilines is 1. The summed E-state index contributed by atoms with van der Waals surface area (Å²) < 4.78 is 0. The molecule has 0 spiro atoms. The number of rotatable bonds is 3. The monoisotopic (exact) mass is 193 g/mol. The van der Waals surface area contributed by atoms with Crippen molar-refractivity contribution in [2.24, 2.45) is 5.22 Å². The van der Waals surface area contributed by atoms with Gasteiger partial charge in [-0.25, -0.2) is 0 Å². The Kier molecular flexibility index (Phi) is 3.17. The van der Waals surface area contributed by atoms with Crippen LogP contribution in [-0.2, 0) is 0 Å². The van der Waals surface area contributed by atoms with Gasteiger partial charge in [-0.15, -0.1) is 5.43 Å². The van der Waals surface area contributed by atoms with Crippen molar-refractivity contribution >= 4 is 11.5 Å². The molecule has 5 heteroatoms. The molecule has 74 valence electrons. The first kappa shape index (κ1) is 10.2. The van der Waals surface area contributed by atoms with Crippen LogP contribution in [0.2, 0.25) is 0 Å². The molecule has 0 bridgehead atoms. The lowest BCUT2D eigenvalue weighted by molar-refractivity contribution is -0.497. The maximum atomic E-state index is 10.9. The van der Waals surface area contributed by atoms with E-state index >= 15 is 0 Å². The van der Waals surface area contributed by atoms with Crippen molar-refractivity contribution in [2.75, 3.05) is 12.5 Å². The standard InChI is InChI=1S/C9H11N3O2/c1-7(13)8-3-5-9(6-4-8)10-11-12(2)14/h3-6,10H,1-2H3. The first-order chi connectivity index (χ1) is 6.59. The van der Waals surface area contributed by atoms with E-state index < -0.39 is 0 Å². The van der Waals surface area contributed by atoms with E-state index in [9.17, 15) is 10.0 Å². The Hall–Kier alpha value is -1.91. The molecule has 0 amide bonds. The van der Waals surface area contributed by atoms with Crippen LogP contribution in [0.25, 0.3) is 0 Å². The highest BCUT2D eigenvalue weighted by Gasteiger charge is 2.00. The summed E-state index contributed by atoms with van der Waals surface area (Å²) in [6.07, 6.45) is 0. The van der Waals surface area contributed by atoms with Gasteiger partial charge in [0.25, 0.3) is 0 Å². The van der Waals surface area contributed by atoms with E-state index in [0.717, 1.165) is 0 Å². The lowest BCUT2D eigenvalue weighted by Gasteiger charge is -1.98. The van der Waals surface area contributed by atoms with E-state index in [-0.39, 0.29) is 5.78 Å². The fraction of sp³-hybridized carbons (Fsp3) is 0.222. The molecule has 0 aliphatic carbocycles. The van der Waals surface area contributed by atoms with E-state index in [1.807, 2.05) is 0 Å². The molecule has 0 radical (unpaired) electrons. The summed E-state index contributed by atoms with van der Waals surface area (Å²) in [6.45, 7) is 1.50. The summed E-state index contributed by atoms with van der Waals surface area (Å²) in [4.78, 5) is 11.3.